The van der Waals surface area contributed by atoms with Gasteiger partial charge >= 0.3 is 0 Å². The summed E-state index contributed by atoms with van der Waals surface area (Å²) in [6.45, 7) is 4.89. The van der Waals surface area contributed by atoms with Crippen LogP contribution >= 0.6 is 0 Å². The van der Waals surface area contributed by atoms with Gasteiger partial charge in [-0.2, -0.15) is 0 Å². The van der Waals surface area contributed by atoms with Crippen LogP contribution < -0.4 is 0 Å². The van der Waals surface area contributed by atoms with Gasteiger partial charge in [-0.25, -0.2) is 0 Å². The third kappa shape index (κ3) is 2.26. The molecule has 0 aliphatic rings. The molecule has 0 aromatic heterocycles. The minimum Gasteiger partial charge on any atom is -0.298 e. The molecule has 0 amide bonds. The highest BCUT2D eigenvalue weighted by atomic mass is 16.2. The van der Waals surface area contributed by atoms with E-state index in [4.69, 9.17) is 0 Å². The SMILES string of the molecule is CC(=O)C(=O)C(C(C)=O)(C(C)=O)C(C(C)=O)(C(C)=O)C(C)=O. The quantitative estimate of drug-likeness (QED) is 0.459. The molecule has 0 aromatic carbocycles. The standard InChI is InChI=1S/C15H18O7/c1-7(16)13(22)15(11(5)20,12(6)21)14(8(2)17,9(3)18)10(4)19/h1-6H3. The Bertz CT molecular complexity index is 559. The molecule has 0 radical (unpaired) electrons. The summed E-state index contributed by atoms with van der Waals surface area (Å²) >= 11 is 0. The van der Waals surface area contributed by atoms with Gasteiger partial charge in [0.15, 0.2) is 45.5 Å². The predicted molar refractivity (Wildman–Crippen MR) is 74.0 cm³/mol. The summed E-state index contributed by atoms with van der Waals surface area (Å²) in [5.41, 5.74) is -5.78. The van der Waals surface area contributed by atoms with E-state index >= 15 is 0 Å². The van der Waals surface area contributed by atoms with Gasteiger partial charge in [-0.3, -0.25) is 33.6 Å². The molecule has 0 saturated heterocycles. The first-order valence-electron chi connectivity index (χ1n) is 6.43. The second-order valence-corrected chi connectivity index (χ2v) is 5.17. The maximum absolute atomic E-state index is 12.4. The van der Waals surface area contributed by atoms with Gasteiger partial charge in [0.1, 0.15) is 0 Å². The fraction of sp³-hybridized carbons (Fsp3) is 0.533. The molecule has 0 N–H and O–H groups in total. The van der Waals surface area contributed by atoms with Gasteiger partial charge in [-0.15, -0.1) is 0 Å². The van der Waals surface area contributed by atoms with Crippen molar-refractivity contribution in [2.45, 2.75) is 41.5 Å². The highest BCUT2D eigenvalue weighted by Gasteiger charge is 2.71. The lowest BCUT2D eigenvalue weighted by molar-refractivity contribution is -0.172. The van der Waals surface area contributed by atoms with E-state index in [1.54, 1.807) is 0 Å². The third-order valence-electron chi connectivity index (χ3n) is 3.86. The Morgan fingerprint density at radius 3 is 0.818 bits per heavy atom. The van der Waals surface area contributed by atoms with Gasteiger partial charge in [-0.05, 0) is 34.6 Å². The predicted octanol–water partition coefficient (Wildman–Crippen LogP) is 0.0623. The van der Waals surface area contributed by atoms with Crippen LogP contribution in [0, 0.1) is 10.8 Å². The zero-order chi connectivity index (χ0) is 18.0. The number of hydrogen-bond donors (Lipinski definition) is 0. The van der Waals surface area contributed by atoms with Crippen LogP contribution in [0.4, 0.5) is 0 Å². The lowest BCUT2D eigenvalue weighted by Crippen LogP contribution is -2.67. The summed E-state index contributed by atoms with van der Waals surface area (Å²) < 4.78 is 0. The van der Waals surface area contributed by atoms with E-state index in [0.29, 0.717) is 0 Å². The van der Waals surface area contributed by atoms with Crippen LogP contribution in [0.1, 0.15) is 41.5 Å². The van der Waals surface area contributed by atoms with Crippen LogP contribution in [0.2, 0.25) is 0 Å². The first-order valence-corrected chi connectivity index (χ1v) is 6.43. The topological polar surface area (TPSA) is 119 Å². The van der Waals surface area contributed by atoms with Crippen LogP contribution in [0.15, 0.2) is 0 Å². The Morgan fingerprint density at radius 1 is 0.455 bits per heavy atom. The molecule has 120 valence electrons. The van der Waals surface area contributed by atoms with Gasteiger partial charge in [0.2, 0.25) is 5.78 Å². The van der Waals surface area contributed by atoms with Gasteiger partial charge in [0, 0.05) is 6.92 Å². The van der Waals surface area contributed by atoms with Crippen molar-refractivity contribution in [2.24, 2.45) is 10.8 Å². The molecule has 0 fully saturated rings. The molecular weight excluding hydrogens is 292 g/mol. The van der Waals surface area contributed by atoms with Gasteiger partial charge in [0.25, 0.3) is 0 Å². The summed E-state index contributed by atoms with van der Waals surface area (Å²) in [4.78, 5) is 84.6. The molecule has 7 nitrogen and oxygen atoms in total. The first-order chi connectivity index (χ1) is 9.82. The molecule has 22 heavy (non-hydrogen) atoms. The fourth-order valence-electron chi connectivity index (χ4n) is 3.07. The van der Waals surface area contributed by atoms with E-state index in [2.05, 4.69) is 0 Å². The zero-order valence-corrected chi connectivity index (χ0v) is 13.4. The molecule has 0 saturated carbocycles. The van der Waals surface area contributed by atoms with Crippen molar-refractivity contribution in [3.05, 3.63) is 0 Å². The number of Topliss-reactive ketones (excluding diaryl/α,β-unsaturated/α-hetero) is 7. The molecule has 0 aliphatic carbocycles. The molecule has 0 spiro atoms. The minimum absolute atomic E-state index is 0.797. The summed E-state index contributed by atoms with van der Waals surface area (Å²) in [5, 5.41) is 0. The van der Waals surface area contributed by atoms with Crippen molar-refractivity contribution in [1.29, 1.82) is 0 Å². The number of hydrogen-bond acceptors (Lipinski definition) is 7. The van der Waals surface area contributed by atoms with E-state index < -0.39 is 51.3 Å². The zero-order valence-electron chi connectivity index (χ0n) is 13.4. The number of ketones is 7. The van der Waals surface area contributed by atoms with Crippen LogP contribution in [0.5, 0.6) is 0 Å². The average Bonchev–Trinajstić information content (AvgIpc) is 2.31. The van der Waals surface area contributed by atoms with Crippen LogP contribution in [-0.4, -0.2) is 40.5 Å². The van der Waals surface area contributed by atoms with Crippen LogP contribution in [-0.2, 0) is 33.6 Å². The van der Waals surface area contributed by atoms with E-state index in [0.717, 1.165) is 41.5 Å². The third-order valence-corrected chi connectivity index (χ3v) is 3.86. The number of rotatable bonds is 8. The summed E-state index contributed by atoms with van der Waals surface area (Å²) in [7, 11) is 0. The van der Waals surface area contributed by atoms with Crippen molar-refractivity contribution >= 4 is 40.5 Å². The highest BCUT2D eigenvalue weighted by Crippen LogP contribution is 2.45. The molecule has 0 atom stereocenters. The molecule has 0 aromatic rings. The lowest BCUT2D eigenvalue weighted by Gasteiger charge is -2.40. The number of carbonyl (C=O) groups excluding carboxylic acids is 7. The first kappa shape index (κ1) is 19.7. The van der Waals surface area contributed by atoms with E-state index in [1.807, 2.05) is 0 Å². The second kappa shape index (κ2) is 6.21. The molecule has 0 aliphatic heterocycles. The van der Waals surface area contributed by atoms with Crippen LogP contribution in [0.3, 0.4) is 0 Å². The molecule has 7 heteroatoms. The van der Waals surface area contributed by atoms with Crippen molar-refractivity contribution < 1.29 is 33.6 Å². The van der Waals surface area contributed by atoms with Gasteiger partial charge < -0.3 is 0 Å². The maximum atomic E-state index is 12.4. The Hall–Kier alpha value is -2.31. The van der Waals surface area contributed by atoms with Crippen molar-refractivity contribution in [2.75, 3.05) is 0 Å². The molecule has 0 rings (SSSR count). The smallest absolute Gasteiger partial charge is 0.221 e. The highest BCUT2D eigenvalue weighted by molar-refractivity contribution is 6.52. The van der Waals surface area contributed by atoms with Crippen LogP contribution in [0.25, 0.3) is 0 Å². The molecule has 0 bridgehead atoms. The number of carbonyl (C=O) groups is 7. The lowest BCUT2D eigenvalue weighted by atomic mass is 9.52. The van der Waals surface area contributed by atoms with Crippen molar-refractivity contribution in [3.8, 4) is 0 Å². The Kier molecular flexibility index (Phi) is 5.56. The van der Waals surface area contributed by atoms with E-state index in [-0.39, 0.29) is 0 Å². The van der Waals surface area contributed by atoms with Crippen molar-refractivity contribution in [1.82, 2.24) is 0 Å². The summed E-state index contributed by atoms with van der Waals surface area (Å²) in [5.74, 6) is -8.51. The summed E-state index contributed by atoms with van der Waals surface area (Å²) in [6.07, 6.45) is 0. The second-order valence-electron chi connectivity index (χ2n) is 5.17. The summed E-state index contributed by atoms with van der Waals surface area (Å²) in [6, 6.07) is 0. The molecular formula is C15H18O7. The monoisotopic (exact) mass is 310 g/mol. The Morgan fingerprint density at radius 2 is 0.682 bits per heavy atom. The maximum Gasteiger partial charge on any atom is 0.221 e. The minimum atomic E-state index is -2.96. The Labute approximate surface area is 127 Å². The molecule has 0 unspecified atom stereocenters. The average molecular weight is 310 g/mol. The van der Waals surface area contributed by atoms with E-state index in [9.17, 15) is 33.6 Å². The van der Waals surface area contributed by atoms with E-state index in [1.165, 1.54) is 0 Å². The Balaban J connectivity index is 7.36. The van der Waals surface area contributed by atoms with Gasteiger partial charge in [-0.1, -0.05) is 0 Å². The van der Waals surface area contributed by atoms with Crippen molar-refractivity contribution in [3.63, 3.8) is 0 Å². The normalized spacial score (nSPS) is 11.5. The fourth-order valence-corrected chi connectivity index (χ4v) is 3.07. The largest absolute Gasteiger partial charge is 0.298 e. The molecule has 0 heterocycles. The van der Waals surface area contributed by atoms with Gasteiger partial charge in [0.05, 0.1) is 0 Å².